The minimum atomic E-state index is 0.200. The van der Waals surface area contributed by atoms with Gasteiger partial charge in [0.2, 0.25) is 0 Å². The highest BCUT2D eigenvalue weighted by molar-refractivity contribution is 5.29. The summed E-state index contributed by atoms with van der Waals surface area (Å²) in [6.07, 6.45) is 0.200. The van der Waals surface area contributed by atoms with Gasteiger partial charge < -0.3 is 9.47 Å². The summed E-state index contributed by atoms with van der Waals surface area (Å²) in [4.78, 5) is 0. The lowest BCUT2D eigenvalue weighted by molar-refractivity contribution is 0.114. The van der Waals surface area contributed by atoms with Crippen molar-refractivity contribution >= 4 is 0 Å². The average Bonchev–Trinajstić information content (AvgIpc) is 2.72. The van der Waals surface area contributed by atoms with Gasteiger partial charge in [-0.2, -0.15) is 0 Å². The van der Waals surface area contributed by atoms with E-state index in [0.717, 1.165) is 12.3 Å². The van der Waals surface area contributed by atoms with Crippen molar-refractivity contribution in [3.63, 3.8) is 0 Å². The molecule has 0 amide bonds. The van der Waals surface area contributed by atoms with Crippen LogP contribution in [-0.4, -0.2) is 19.9 Å². The summed E-state index contributed by atoms with van der Waals surface area (Å²) in [5.41, 5.74) is 1.21. The van der Waals surface area contributed by atoms with Crippen molar-refractivity contribution in [2.75, 3.05) is 19.9 Å². The van der Waals surface area contributed by atoms with Gasteiger partial charge in [-0.05, 0) is 24.6 Å². The van der Waals surface area contributed by atoms with Gasteiger partial charge in [0.25, 0.3) is 0 Å². The Labute approximate surface area is 84.0 Å². The number of ether oxygens (including phenoxy) is 2. The van der Waals surface area contributed by atoms with E-state index in [0.29, 0.717) is 13.3 Å². The van der Waals surface area contributed by atoms with Crippen LogP contribution in [0.4, 0.5) is 0 Å². The number of hydrogen-bond acceptors (Lipinski definition) is 3. The lowest BCUT2D eigenvalue weighted by Gasteiger charge is -2.09. The van der Waals surface area contributed by atoms with Crippen molar-refractivity contribution in [3.8, 4) is 5.75 Å². The molecular formula is C11H15NO2. The smallest absolute Gasteiger partial charge is 0.119 e. The second-order valence-corrected chi connectivity index (χ2v) is 3.26. The molecule has 1 aromatic carbocycles. The Morgan fingerprint density at radius 3 is 2.79 bits per heavy atom. The third kappa shape index (κ3) is 2.05. The molecular weight excluding hydrogens is 178 g/mol. The van der Waals surface area contributed by atoms with Gasteiger partial charge in [-0.15, -0.1) is 0 Å². The molecule has 0 aliphatic carbocycles. The van der Waals surface area contributed by atoms with E-state index in [4.69, 9.17) is 9.47 Å². The van der Waals surface area contributed by atoms with Crippen molar-refractivity contribution < 1.29 is 9.47 Å². The Hall–Kier alpha value is -1.06. The third-order valence-corrected chi connectivity index (χ3v) is 2.28. The first kappa shape index (κ1) is 9.49. The van der Waals surface area contributed by atoms with Crippen LogP contribution < -0.4 is 10.1 Å². The fourth-order valence-electron chi connectivity index (χ4n) is 1.57. The molecule has 0 bridgehead atoms. The van der Waals surface area contributed by atoms with Gasteiger partial charge in [0.05, 0.1) is 19.4 Å². The molecule has 3 heteroatoms. The van der Waals surface area contributed by atoms with Gasteiger partial charge in [-0.3, -0.25) is 5.32 Å². The van der Waals surface area contributed by atoms with Gasteiger partial charge in [0.15, 0.2) is 0 Å². The second kappa shape index (κ2) is 4.44. The molecule has 0 spiro atoms. The van der Waals surface area contributed by atoms with E-state index in [2.05, 4.69) is 17.4 Å². The zero-order chi connectivity index (χ0) is 9.80. The standard InChI is InChI=1S/C11H15NO2/c1-2-13-10-5-3-9(4-6-10)11-7-12-8-14-11/h3-6,11-12H,2,7-8H2,1H3. The molecule has 0 saturated carbocycles. The third-order valence-electron chi connectivity index (χ3n) is 2.28. The molecule has 3 nitrogen and oxygen atoms in total. The van der Waals surface area contributed by atoms with E-state index in [1.165, 1.54) is 5.56 Å². The van der Waals surface area contributed by atoms with Gasteiger partial charge in [0.1, 0.15) is 5.75 Å². The number of hydrogen-bond donors (Lipinski definition) is 1. The van der Waals surface area contributed by atoms with E-state index < -0.39 is 0 Å². The van der Waals surface area contributed by atoms with Crippen LogP contribution in [0.2, 0.25) is 0 Å². The predicted molar refractivity (Wildman–Crippen MR) is 54.3 cm³/mol. The van der Waals surface area contributed by atoms with Crippen LogP contribution in [0.5, 0.6) is 5.75 Å². The largest absolute Gasteiger partial charge is 0.494 e. The molecule has 1 N–H and O–H groups in total. The Morgan fingerprint density at radius 2 is 2.21 bits per heavy atom. The summed E-state index contributed by atoms with van der Waals surface area (Å²) in [7, 11) is 0. The van der Waals surface area contributed by atoms with E-state index in [1.807, 2.05) is 19.1 Å². The molecule has 1 aromatic rings. The van der Waals surface area contributed by atoms with E-state index in [9.17, 15) is 0 Å². The lowest BCUT2D eigenvalue weighted by Crippen LogP contribution is -2.07. The predicted octanol–water partition coefficient (Wildman–Crippen LogP) is 1.70. The molecule has 1 fully saturated rings. The fraction of sp³-hybridized carbons (Fsp3) is 0.455. The Balaban J connectivity index is 2.05. The van der Waals surface area contributed by atoms with Crippen LogP contribution in [0, 0.1) is 0 Å². The van der Waals surface area contributed by atoms with Crippen LogP contribution in [0.25, 0.3) is 0 Å². The first-order valence-corrected chi connectivity index (χ1v) is 4.95. The van der Waals surface area contributed by atoms with Crippen LogP contribution in [0.3, 0.4) is 0 Å². The highest BCUT2D eigenvalue weighted by Gasteiger charge is 2.16. The van der Waals surface area contributed by atoms with Crippen molar-refractivity contribution in [3.05, 3.63) is 29.8 Å². The quantitative estimate of drug-likeness (QED) is 0.792. The maximum absolute atomic E-state index is 5.49. The highest BCUT2D eigenvalue weighted by atomic mass is 16.5. The molecule has 1 aliphatic rings. The zero-order valence-corrected chi connectivity index (χ0v) is 8.32. The summed E-state index contributed by atoms with van der Waals surface area (Å²) < 4.78 is 10.9. The fourth-order valence-corrected chi connectivity index (χ4v) is 1.57. The summed E-state index contributed by atoms with van der Waals surface area (Å²) in [6, 6.07) is 8.09. The summed E-state index contributed by atoms with van der Waals surface area (Å²) in [6.45, 7) is 4.24. The van der Waals surface area contributed by atoms with Crippen molar-refractivity contribution in [1.82, 2.24) is 5.32 Å². The van der Waals surface area contributed by atoms with E-state index in [-0.39, 0.29) is 6.10 Å². The number of nitrogens with one attached hydrogen (secondary N) is 1. The molecule has 0 aromatic heterocycles. The van der Waals surface area contributed by atoms with Crippen LogP contribution in [-0.2, 0) is 4.74 Å². The Kier molecular flexibility index (Phi) is 3.01. The number of rotatable bonds is 3. The Morgan fingerprint density at radius 1 is 1.43 bits per heavy atom. The molecule has 1 unspecified atom stereocenters. The van der Waals surface area contributed by atoms with Gasteiger partial charge >= 0.3 is 0 Å². The van der Waals surface area contributed by atoms with Crippen molar-refractivity contribution in [1.29, 1.82) is 0 Å². The maximum atomic E-state index is 5.49. The zero-order valence-electron chi connectivity index (χ0n) is 8.32. The normalized spacial score (nSPS) is 21.1. The first-order chi connectivity index (χ1) is 6.90. The van der Waals surface area contributed by atoms with Gasteiger partial charge in [-0.1, -0.05) is 12.1 Å². The molecule has 0 radical (unpaired) electrons. The summed E-state index contributed by atoms with van der Waals surface area (Å²) in [5, 5.41) is 3.16. The minimum absolute atomic E-state index is 0.200. The molecule has 1 saturated heterocycles. The molecule has 1 heterocycles. The van der Waals surface area contributed by atoms with E-state index in [1.54, 1.807) is 0 Å². The van der Waals surface area contributed by atoms with Crippen molar-refractivity contribution in [2.24, 2.45) is 0 Å². The van der Waals surface area contributed by atoms with Gasteiger partial charge in [-0.25, -0.2) is 0 Å². The first-order valence-electron chi connectivity index (χ1n) is 4.95. The molecule has 1 atom stereocenters. The molecule has 2 rings (SSSR count). The molecule has 14 heavy (non-hydrogen) atoms. The Bertz CT molecular complexity index is 278. The highest BCUT2D eigenvalue weighted by Crippen LogP contribution is 2.22. The van der Waals surface area contributed by atoms with Gasteiger partial charge in [0, 0.05) is 6.54 Å². The summed E-state index contributed by atoms with van der Waals surface area (Å²) in [5.74, 6) is 0.919. The van der Waals surface area contributed by atoms with Crippen LogP contribution in [0.15, 0.2) is 24.3 Å². The molecule has 76 valence electrons. The van der Waals surface area contributed by atoms with Crippen LogP contribution >= 0.6 is 0 Å². The second-order valence-electron chi connectivity index (χ2n) is 3.26. The summed E-state index contributed by atoms with van der Waals surface area (Å²) >= 11 is 0. The van der Waals surface area contributed by atoms with E-state index >= 15 is 0 Å². The SMILES string of the molecule is CCOc1ccc(C2CNCO2)cc1. The molecule has 1 aliphatic heterocycles. The maximum Gasteiger partial charge on any atom is 0.119 e. The minimum Gasteiger partial charge on any atom is -0.494 e. The average molecular weight is 193 g/mol. The number of benzene rings is 1. The van der Waals surface area contributed by atoms with Crippen LogP contribution in [0.1, 0.15) is 18.6 Å². The van der Waals surface area contributed by atoms with Crippen molar-refractivity contribution in [2.45, 2.75) is 13.0 Å². The monoisotopic (exact) mass is 193 g/mol. The lowest BCUT2D eigenvalue weighted by atomic mass is 10.1. The topological polar surface area (TPSA) is 30.5 Å².